The minimum Gasteiger partial charge on any atom is -0.342 e. The fourth-order valence-electron chi connectivity index (χ4n) is 1.54. The average Bonchev–Trinajstić information content (AvgIpc) is 2.15. The van der Waals surface area contributed by atoms with Gasteiger partial charge in [-0.3, -0.25) is 4.79 Å². The highest BCUT2D eigenvalue weighted by molar-refractivity contribution is 7.99. The lowest BCUT2D eigenvalue weighted by atomic mass is 10.2. The van der Waals surface area contributed by atoms with Crippen molar-refractivity contribution in [2.45, 2.75) is 12.2 Å². The zero-order valence-electron chi connectivity index (χ0n) is 8.99. The summed E-state index contributed by atoms with van der Waals surface area (Å²) in [6, 6.07) is 7.78. The average molecular weight is 256 g/mol. The molecule has 1 aromatic rings. The number of hydrogen-bond acceptors (Lipinski definition) is 2. The molecule has 0 aromatic heterocycles. The minimum atomic E-state index is 0.262. The van der Waals surface area contributed by atoms with Crippen molar-refractivity contribution in [2.75, 3.05) is 18.8 Å². The molecule has 16 heavy (non-hydrogen) atoms. The smallest absolute Gasteiger partial charge is 0.232 e. The van der Waals surface area contributed by atoms with Crippen LogP contribution in [0.25, 0.3) is 0 Å². The monoisotopic (exact) mass is 255 g/mol. The summed E-state index contributed by atoms with van der Waals surface area (Å²) in [5.74, 6) is 1.69. The molecule has 2 rings (SSSR count). The second-order valence-corrected chi connectivity index (χ2v) is 5.28. The highest BCUT2D eigenvalue weighted by atomic mass is 35.5. The Balaban J connectivity index is 1.73. The molecule has 1 saturated heterocycles. The van der Waals surface area contributed by atoms with Crippen molar-refractivity contribution in [3.8, 4) is 0 Å². The molecule has 0 unspecified atom stereocenters. The largest absolute Gasteiger partial charge is 0.342 e. The highest BCUT2D eigenvalue weighted by Gasteiger charge is 2.19. The molecule has 0 bridgehead atoms. The Morgan fingerprint density at radius 1 is 1.44 bits per heavy atom. The van der Waals surface area contributed by atoms with Gasteiger partial charge in [0.2, 0.25) is 5.91 Å². The third-order valence-corrected chi connectivity index (χ3v) is 3.82. The molecular formula is C12H14ClNOS. The number of hydrogen-bond donors (Lipinski definition) is 0. The molecule has 1 amide bonds. The Bertz CT molecular complexity index is 379. The van der Waals surface area contributed by atoms with Crippen LogP contribution in [0.5, 0.6) is 0 Å². The molecule has 1 aliphatic rings. The number of nitrogens with zero attached hydrogens (tertiary/aromatic N) is 1. The zero-order valence-corrected chi connectivity index (χ0v) is 10.6. The molecule has 1 aromatic carbocycles. The van der Waals surface area contributed by atoms with Crippen molar-refractivity contribution < 1.29 is 4.79 Å². The Morgan fingerprint density at radius 3 is 2.88 bits per heavy atom. The fraction of sp³-hybridized carbons (Fsp3) is 0.417. The van der Waals surface area contributed by atoms with E-state index in [1.165, 1.54) is 5.56 Å². The Morgan fingerprint density at radius 2 is 2.25 bits per heavy atom. The molecule has 1 fully saturated rings. The van der Waals surface area contributed by atoms with Gasteiger partial charge in [-0.2, -0.15) is 0 Å². The number of rotatable bonds is 4. The van der Waals surface area contributed by atoms with E-state index in [4.69, 9.17) is 11.6 Å². The summed E-state index contributed by atoms with van der Waals surface area (Å²) in [7, 11) is 0. The van der Waals surface area contributed by atoms with Gasteiger partial charge in [0.25, 0.3) is 0 Å². The van der Waals surface area contributed by atoms with E-state index in [2.05, 4.69) is 0 Å². The fourth-order valence-corrected chi connectivity index (χ4v) is 2.63. The summed E-state index contributed by atoms with van der Waals surface area (Å²) in [6.45, 7) is 1.88. The van der Waals surface area contributed by atoms with Crippen LogP contribution in [0.2, 0.25) is 5.02 Å². The third kappa shape index (κ3) is 3.16. The predicted octanol–water partition coefficient (Wildman–Crippen LogP) is 2.81. The minimum absolute atomic E-state index is 0.262. The van der Waals surface area contributed by atoms with E-state index in [9.17, 15) is 4.79 Å². The first-order valence-electron chi connectivity index (χ1n) is 5.35. The number of halogens is 1. The lowest BCUT2D eigenvalue weighted by Gasteiger charge is -2.30. The van der Waals surface area contributed by atoms with Gasteiger partial charge in [-0.15, -0.1) is 11.8 Å². The second-order valence-electron chi connectivity index (χ2n) is 3.86. The first-order chi connectivity index (χ1) is 7.75. The molecule has 0 saturated carbocycles. The zero-order chi connectivity index (χ0) is 11.4. The Labute approximate surface area is 105 Å². The lowest BCUT2D eigenvalue weighted by molar-refractivity contribution is -0.131. The van der Waals surface area contributed by atoms with Gasteiger partial charge in [0.15, 0.2) is 0 Å². The number of likely N-dealkylation sites (tertiary alicyclic amines) is 1. The summed E-state index contributed by atoms with van der Waals surface area (Å²) < 4.78 is 0. The molecule has 0 spiro atoms. The van der Waals surface area contributed by atoms with Gasteiger partial charge in [0, 0.05) is 23.9 Å². The van der Waals surface area contributed by atoms with E-state index >= 15 is 0 Å². The van der Waals surface area contributed by atoms with Gasteiger partial charge in [-0.25, -0.2) is 0 Å². The highest BCUT2D eigenvalue weighted by Crippen LogP contribution is 2.17. The topological polar surface area (TPSA) is 20.3 Å². The van der Waals surface area contributed by atoms with Crippen LogP contribution < -0.4 is 0 Å². The lowest BCUT2D eigenvalue weighted by Crippen LogP contribution is -2.43. The van der Waals surface area contributed by atoms with Crippen molar-refractivity contribution in [3.05, 3.63) is 34.9 Å². The molecule has 0 aliphatic carbocycles. The van der Waals surface area contributed by atoms with Crippen LogP contribution >= 0.6 is 23.4 Å². The van der Waals surface area contributed by atoms with Crippen LogP contribution in [-0.4, -0.2) is 29.6 Å². The summed E-state index contributed by atoms with van der Waals surface area (Å²) in [6.07, 6.45) is 1.16. The Hall–Kier alpha value is -0.670. The number of carbonyl (C=O) groups is 1. The molecule has 0 N–H and O–H groups in total. The summed E-state index contributed by atoms with van der Waals surface area (Å²) in [5, 5.41) is 0.757. The predicted molar refractivity (Wildman–Crippen MR) is 68.8 cm³/mol. The standard InChI is InChI=1S/C12H14ClNOS/c13-11-4-1-3-10(7-11)8-16-9-12(15)14-5-2-6-14/h1,3-4,7H,2,5-6,8-9H2. The van der Waals surface area contributed by atoms with Crippen molar-refractivity contribution in [3.63, 3.8) is 0 Å². The van der Waals surface area contributed by atoms with Gasteiger partial charge < -0.3 is 4.90 Å². The summed E-state index contributed by atoms with van der Waals surface area (Å²) in [4.78, 5) is 13.5. The number of thioether (sulfide) groups is 1. The molecule has 0 radical (unpaired) electrons. The first kappa shape index (κ1) is 11.8. The maximum Gasteiger partial charge on any atom is 0.232 e. The summed E-state index contributed by atoms with van der Waals surface area (Å²) >= 11 is 7.53. The van der Waals surface area contributed by atoms with E-state index in [0.717, 1.165) is 30.3 Å². The van der Waals surface area contributed by atoms with Crippen LogP contribution in [0.1, 0.15) is 12.0 Å². The van der Waals surface area contributed by atoms with Crippen LogP contribution in [0.15, 0.2) is 24.3 Å². The van der Waals surface area contributed by atoms with Gasteiger partial charge in [0.1, 0.15) is 0 Å². The van der Waals surface area contributed by atoms with Gasteiger partial charge >= 0.3 is 0 Å². The molecule has 4 heteroatoms. The molecule has 2 nitrogen and oxygen atoms in total. The molecule has 1 heterocycles. The van der Waals surface area contributed by atoms with Crippen molar-refractivity contribution in [2.24, 2.45) is 0 Å². The van der Waals surface area contributed by atoms with Crippen molar-refractivity contribution in [1.29, 1.82) is 0 Å². The normalized spacial score (nSPS) is 14.7. The maximum absolute atomic E-state index is 11.6. The molecule has 1 aliphatic heterocycles. The second kappa shape index (κ2) is 5.60. The number of benzene rings is 1. The molecular weight excluding hydrogens is 242 g/mol. The quantitative estimate of drug-likeness (QED) is 0.825. The van der Waals surface area contributed by atoms with Crippen LogP contribution in [-0.2, 0) is 10.5 Å². The van der Waals surface area contributed by atoms with E-state index in [1.54, 1.807) is 11.8 Å². The molecule has 86 valence electrons. The van der Waals surface area contributed by atoms with Gasteiger partial charge in [-0.1, -0.05) is 23.7 Å². The van der Waals surface area contributed by atoms with E-state index < -0.39 is 0 Å². The van der Waals surface area contributed by atoms with Gasteiger partial charge in [0.05, 0.1) is 5.75 Å². The SMILES string of the molecule is O=C(CSCc1cccc(Cl)c1)N1CCC1. The maximum atomic E-state index is 11.6. The van der Waals surface area contributed by atoms with E-state index in [0.29, 0.717) is 5.75 Å². The van der Waals surface area contributed by atoms with Crippen LogP contribution in [0, 0.1) is 0 Å². The Kier molecular flexibility index (Phi) is 4.13. The third-order valence-electron chi connectivity index (χ3n) is 2.59. The first-order valence-corrected chi connectivity index (χ1v) is 6.89. The van der Waals surface area contributed by atoms with Crippen LogP contribution in [0.3, 0.4) is 0 Å². The summed E-state index contributed by atoms with van der Waals surface area (Å²) in [5.41, 5.74) is 1.17. The van der Waals surface area contributed by atoms with E-state index in [-0.39, 0.29) is 5.91 Å². The van der Waals surface area contributed by atoms with Crippen molar-refractivity contribution in [1.82, 2.24) is 4.90 Å². The number of amides is 1. The van der Waals surface area contributed by atoms with E-state index in [1.807, 2.05) is 29.2 Å². The van der Waals surface area contributed by atoms with Crippen molar-refractivity contribution >= 4 is 29.3 Å². The van der Waals surface area contributed by atoms with Crippen LogP contribution in [0.4, 0.5) is 0 Å². The van der Waals surface area contributed by atoms with Gasteiger partial charge in [-0.05, 0) is 24.1 Å². The molecule has 0 atom stereocenters. The number of carbonyl (C=O) groups excluding carboxylic acids is 1.